The van der Waals surface area contributed by atoms with Gasteiger partial charge in [0.25, 0.3) is 0 Å². The molecule has 2 aromatic rings. The molecule has 0 bridgehead atoms. The van der Waals surface area contributed by atoms with Gasteiger partial charge in [-0.2, -0.15) is 0 Å². The van der Waals surface area contributed by atoms with E-state index in [1.165, 1.54) is 0 Å². The number of morpholine rings is 1. The summed E-state index contributed by atoms with van der Waals surface area (Å²) >= 11 is 0. The molecule has 3 rings (SSSR count). The van der Waals surface area contributed by atoms with E-state index in [0.29, 0.717) is 11.8 Å². The van der Waals surface area contributed by atoms with Crippen LogP contribution in [0, 0.1) is 0 Å². The highest BCUT2D eigenvalue weighted by atomic mass is 16.5. The third-order valence-corrected chi connectivity index (χ3v) is 3.55. The number of nitrogens with one attached hydrogen (secondary N) is 1. The highest BCUT2D eigenvalue weighted by Gasteiger charge is 2.20. The van der Waals surface area contributed by atoms with Crippen molar-refractivity contribution in [1.29, 1.82) is 0 Å². The van der Waals surface area contributed by atoms with Gasteiger partial charge in [-0.05, 0) is 29.3 Å². The zero-order valence-electron chi connectivity index (χ0n) is 12.5. The monoisotopic (exact) mass is 288 g/mol. The van der Waals surface area contributed by atoms with Crippen LogP contribution in [-0.4, -0.2) is 30.5 Å². The second-order valence-electron chi connectivity index (χ2n) is 5.22. The van der Waals surface area contributed by atoms with E-state index < -0.39 is 0 Å². The molecule has 21 heavy (non-hydrogen) atoms. The lowest BCUT2D eigenvalue weighted by molar-refractivity contribution is -0.00194. The average Bonchev–Trinajstić information content (AvgIpc) is 2.50. The summed E-state index contributed by atoms with van der Waals surface area (Å²) in [4.78, 5) is 0. The van der Waals surface area contributed by atoms with Crippen LogP contribution in [0.5, 0.6) is 5.75 Å². The standard InChI is InChI=1S/C10H8O.C7H16N2O/c11-10-6-5-8-3-1-2-4-9(8)7-10;1-2-3-6-7(8)10-5-4-9-6/h1-7,11H;6-7,9H,2-5,8H2,1H3. The second-order valence-corrected chi connectivity index (χ2v) is 5.22. The van der Waals surface area contributed by atoms with Gasteiger partial charge in [0, 0.05) is 12.6 Å². The number of aromatic hydroxyl groups is 1. The van der Waals surface area contributed by atoms with Gasteiger partial charge in [0.2, 0.25) is 0 Å². The average molecular weight is 288 g/mol. The van der Waals surface area contributed by atoms with Crippen LogP contribution in [0.2, 0.25) is 0 Å². The van der Waals surface area contributed by atoms with E-state index in [1.54, 1.807) is 12.1 Å². The van der Waals surface area contributed by atoms with Crippen molar-refractivity contribution >= 4 is 10.8 Å². The topological polar surface area (TPSA) is 67.5 Å². The third-order valence-electron chi connectivity index (χ3n) is 3.55. The predicted octanol–water partition coefficient (Wildman–Crippen LogP) is 2.61. The lowest BCUT2D eigenvalue weighted by atomic mass is 10.1. The summed E-state index contributed by atoms with van der Waals surface area (Å²) in [6.45, 7) is 3.85. The molecule has 1 aliphatic heterocycles. The van der Waals surface area contributed by atoms with Crippen molar-refractivity contribution in [2.75, 3.05) is 13.2 Å². The van der Waals surface area contributed by atoms with Crippen molar-refractivity contribution in [2.24, 2.45) is 5.73 Å². The minimum absolute atomic E-state index is 0.0892. The van der Waals surface area contributed by atoms with Crippen molar-refractivity contribution in [1.82, 2.24) is 5.32 Å². The van der Waals surface area contributed by atoms with E-state index in [0.717, 1.165) is 36.8 Å². The number of nitrogens with two attached hydrogens (primary N) is 1. The second kappa shape index (κ2) is 7.98. The molecular weight excluding hydrogens is 264 g/mol. The van der Waals surface area contributed by atoms with Gasteiger partial charge in [-0.3, -0.25) is 0 Å². The SMILES string of the molecule is CCCC1NCCOC1N.Oc1ccc2ccccc2c1. The largest absolute Gasteiger partial charge is 0.508 e. The Morgan fingerprint density at radius 2 is 2.00 bits per heavy atom. The summed E-state index contributed by atoms with van der Waals surface area (Å²) in [5.41, 5.74) is 5.68. The molecule has 0 aromatic heterocycles. The minimum atomic E-state index is -0.0892. The highest BCUT2D eigenvalue weighted by molar-refractivity contribution is 5.83. The summed E-state index contributed by atoms with van der Waals surface area (Å²) in [6, 6.07) is 13.7. The Morgan fingerprint density at radius 1 is 1.24 bits per heavy atom. The smallest absolute Gasteiger partial charge is 0.121 e. The van der Waals surface area contributed by atoms with Crippen LogP contribution in [0.4, 0.5) is 0 Å². The molecule has 114 valence electrons. The number of fused-ring (bicyclic) bond motifs is 1. The fraction of sp³-hybridized carbons (Fsp3) is 0.412. The molecule has 4 nitrogen and oxygen atoms in total. The van der Waals surface area contributed by atoms with Crippen LogP contribution in [0.15, 0.2) is 42.5 Å². The zero-order chi connectivity index (χ0) is 15.1. The van der Waals surface area contributed by atoms with Gasteiger partial charge in [-0.25, -0.2) is 0 Å². The van der Waals surface area contributed by atoms with E-state index in [1.807, 2.05) is 30.3 Å². The first-order chi connectivity index (χ1) is 10.2. The summed E-state index contributed by atoms with van der Waals surface area (Å²) in [5, 5.41) is 14.7. The number of phenolic OH excluding ortho intramolecular Hbond substituents is 1. The molecule has 4 heteroatoms. The fourth-order valence-corrected chi connectivity index (χ4v) is 2.43. The van der Waals surface area contributed by atoms with Crippen LogP contribution in [0.25, 0.3) is 10.8 Å². The Kier molecular flexibility index (Phi) is 5.99. The van der Waals surface area contributed by atoms with Gasteiger partial charge in [0.05, 0.1) is 6.61 Å². The lowest BCUT2D eigenvalue weighted by Gasteiger charge is -2.29. The van der Waals surface area contributed by atoms with Gasteiger partial charge in [0.15, 0.2) is 0 Å². The lowest BCUT2D eigenvalue weighted by Crippen LogP contribution is -2.52. The number of benzene rings is 2. The normalized spacial score (nSPS) is 21.6. The first kappa shape index (κ1) is 15.8. The van der Waals surface area contributed by atoms with Gasteiger partial charge in [0.1, 0.15) is 12.0 Å². The maximum Gasteiger partial charge on any atom is 0.121 e. The van der Waals surface area contributed by atoms with Crippen LogP contribution in [0.1, 0.15) is 19.8 Å². The Morgan fingerprint density at radius 3 is 2.71 bits per heavy atom. The number of rotatable bonds is 2. The Labute approximate surface area is 125 Å². The molecular formula is C17H24N2O2. The van der Waals surface area contributed by atoms with Crippen LogP contribution in [-0.2, 0) is 4.74 Å². The zero-order valence-corrected chi connectivity index (χ0v) is 12.5. The molecule has 1 saturated heterocycles. The third kappa shape index (κ3) is 4.70. The van der Waals surface area contributed by atoms with E-state index in [2.05, 4.69) is 12.2 Å². The van der Waals surface area contributed by atoms with Crippen LogP contribution < -0.4 is 11.1 Å². The Balaban J connectivity index is 0.000000155. The van der Waals surface area contributed by atoms with Gasteiger partial charge in [-0.15, -0.1) is 0 Å². The summed E-state index contributed by atoms with van der Waals surface area (Å²) in [6.07, 6.45) is 2.18. The molecule has 0 amide bonds. The van der Waals surface area contributed by atoms with Crippen molar-refractivity contribution < 1.29 is 9.84 Å². The minimum Gasteiger partial charge on any atom is -0.508 e. The Hall–Kier alpha value is -1.62. The van der Waals surface area contributed by atoms with E-state index in [9.17, 15) is 0 Å². The number of ether oxygens (including phenoxy) is 1. The summed E-state index contributed by atoms with van der Waals surface area (Å²) in [7, 11) is 0. The van der Waals surface area contributed by atoms with Gasteiger partial charge in [-0.1, -0.05) is 43.7 Å². The maximum absolute atomic E-state index is 9.13. The van der Waals surface area contributed by atoms with E-state index >= 15 is 0 Å². The van der Waals surface area contributed by atoms with Crippen molar-refractivity contribution in [2.45, 2.75) is 32.0 Å². The molecule has 2 aromatic carbocycles. The molecule has 4 N–H and O–H groups in total. The molecule has 2 unspecified atom stereocenters. The summed E-state index contributed by atoms with van der Waals surface area (Å²) < 4.78 is 5.26. The first-order valence-corrected chi connectivity index (χ1v) is 7.49. The van der Waals surface area contributed by atoms with Gasteiger partial charge < -0.3 is 20.9 Å². The highest BCUT2D eigenvalue weighted by Crippen LogP contribution is 2.18. The molecule has 1 heterocycles. The fourth-order valence-electron chi connectivity index (χ4n) is 2.43. The molecule has 1 aliphatic rings. The number of hydrogen-bond acceptors (Lipinski definition) is 4. The molecule has 2 atom stereocenters. The number of hydrogen-bond donors (Lipinski definition) is 3. The van der Waals surface area contributed by atoms with Crippen molar-refractivity contribution in [3.63, 3.8) is 0 Å². The van der Waals surface area contributed by atoms with E-state index in [4.69, 9.17) is 15.6 Å². The molecule has 0 spiro atoms. The van der Waals surface area contributed by atoms with Crippen molar-refractivity contribution in [3.05, 3.63) is 42.5 Å². The first-order valence-electron chi connectivity index (χ1n) is 7.49. The Bertz CT molecular complexity index is 557. The van der Waals surface area contributed by atoms with Crippen LogP contribution >= 0.6 is 0 Å². The van der Waals surface area contributed by atoms with Gasteiger partial charge >= 0.3 is 0 Å². The predicted molar refractivity (Wildman–Crippen MR) is 86.2 cm³/mol. The number of phenols is 1. The van der Waals surface area contributed by atoms with Crippen molar-refractivity contribution in [3.8, 4) is 5.75 Å². The molecule has 0 radical (unpaired) electrons. The summed E-state index contributed by atoms with van der Waals surface area (Å²) in [5.74, 6) is 0.323. The van der Waals surface area contributed by atoms with Crippen LogP contribution in [0.3, 0.4) is 0 Å². The molecule has 1 fully saturated rings. The quantitative estimate of drug-likeness (QED) is 0.794. The maximum atomic E-state index is 9.13. The molecule has 0 saturated carbocycles. The van der Waals surface area contributed by atoms with E-state index in [-0.39, 0.29) is 6.23 Å². The molecule has 0 aliphatic carbocycles.